The molecule has 1 aliphatic heterocycles. The number of nitrogens with zero attached hydrogens (tertiary/aromatic N) is 3. The maximum Gasteiger partial charge on any atom is 0.236 e. The summed E-state index contributed by atoms with van der Waals surface area (Å²) in [5.74, 6) is 1.38. The Morgan fingerprint density at radius 1 is 1.10 bits per heavy atom. The van der Waals surface area contributed by atoms with Gasteiger partial charge in [0.25, 0.3) is 0 Å². The molecule has 0 aromatic carbocycles. The number of hydrogen-bond acceptors (Lipinski definition) is 3. The van der Waals surface area contributed by atoms with Gasteiger partial charge in [0.1, 0.15) is 0 Å². The fourth-order valence-electron chi connectivity index (χ4n) is 3.12. The zero-order valence-corrected chi connectivity index (χ0v) is 13.7. The van der Waals surface area contributed by atoms with Crippen molar-refractivity contribution in [1.82, 2.24) is 14.7 Å². The van der Waals surface area contributed by atoms with Crippen LogP contribution in [0, 0.1) is 11.8 Å². The van der Waals surface area contributed by atoms with Crippen molar-refractivity contribution in [3.63, 3.8) is 0 Å². The zero-order chi connectivity index (χ0) is 15.4. The van der Waals surface area contributed by atoms with Gasteiger partial charge in [-0.1, -0.05) is 6.92 Å². The molecule has 2 amide bonds. The van der Waals surface area contributed by atoms with E-state index in [0.717, 1.165) is 52.1 Å². The highest BCUT2D eigenvalue weighted by Gasteiger charge is 2.41. The molecule has 2 unspecified atom stereocenters. The third-order valence-corrected chi connectivity index (χ3v) is 4.80. The molecule has 2 fully saturated rings. The SMILES string of the molecule is CCN(CC)C(=O)CN1CCCN(C(=O)C2CC2C)CC1. The Hall–Kier alpha value is -1.10. The second-order valence-electron chi connectivity index (χ2n) is 6.34. The van der Waals surface area contributed by atoms with E-state index in [-0.39, 0.29) is 11.8 Å². The number of hydrogen-bond donors (Lipinski definition) is 0. The van der Waals surface area contributed by atoms with E-state index in [1.807, 2.05) is 23.6 Å². The summed E-state index contributed by atoms with van der Waals surface area (Å²) in [6, 6.07) is 0. The van der Waals surface area contributed by atoms with Crippen LogP contribution in [-0.4, -0.2) is 72.3 Å². The first-order chi connectivity index (χ1) is 10.1. The maximum atomic E-state index is 12.3. The average molecular weight is 295 g/mol. The van der Waals surface area contributed by atoms with Gasteiger partial charge in [-0.25, -0.2) is 0 Å². The number of carbonyl (C=O) groups is 2. The molecule has 2 atom stereocenters. The number of amides is 2. The van der Waals surface area contributed by atoms with Crippen LogP contribution in [0.2, 0.25) is 0 Å². The van der Waals surface area contributed by atoms with E-state index in [9.17, 15) is 9.59 Å². The summed E-state index contributed by atoms with van der Waals surface area (Å²) in [6.45, 7) is 11.6. The summed E-state index contributed by atoms with van der Waals surface area (Å²) in [4.78, 5) is 30.5. The highest BCUT2D eigenvalue weighted by atomic mass is 16.2. The third kappa shape index (κ3) is 4.19. The Bertz CT molecular complexity index is 382. The quantitative estimate of drug-likeness (QED) is 0.761. The molecule has 5 heteroatoms. The first-order valence-corrected chi connectivity index (χ1v) is 8.35. The van der Waals surface area contributed by atoms with Crippen molar-refractivity contribution in [2.75, 3.05) is 45.8 Å². The van der Waals surface area contributed by atoms with E-state index in [1.165, 1.54) is 0 Å². The van der Waals surface area contributed by atoms with Crippen LogP contribution in [0.15, 0.2) is 0 Å². The standard InChI is InChI=1S/C16H29N3O2/c1-4-18(5-2)15(20)12-17-7-6-8-19(10-9-17)16(21)14-11-13(14)3/h13-14H,4-12H2,1-3H3. The van der Waals surface area contributed by atoms with Gasteiger partial charge in [-0.3, -0.25) is 14.5 Å². The summed E-state index contributed by atoms with van der Waals surface area (Å²) < 4.78 is 0. The lowest BCUT2D eigenvalue weighted by Gasteiger charge is -2.25. The Kier molecular flexibility index (Phi) is 5.62. The van der Waals surface area contributed by atoms with Crippen LogP contribution in [0.3, 0.4) is 0 Å². The normalized spacial score (nSPS) is 26.3. The van der Waals surface area contributed by atoms with Gasteiger partial charge in [0.2, 0.25) is 11.8 Å². The van der Waals surface area contributed by atoms with E-state index in [1.54, 1.807) is 0 Å². The Morgan fingerprint density at radius 2 is 1.76 bits per heavy atom. The lowest BCUT2D eigenvalue weighted by molar-refractivity contribution is -0.132. The lowest BCUT2D eigenvalue weighted by atomic mass is 10.3. The molecule has 0 spiro atoms. The first-order valence-electron chi connectivity index (χ1n) is 8.35. The molecule has 1 saturated heterocycles. The Balaban J connectivity index is 1.80. The van der Waals surface area contributed by atoms with Gasteiger partial charge >= 0.3 is 0 Å². The van der Waals surface area contributed by atoms with Crippen molar-refractivity contribution in [2.45, 2.75) is 33.6 Å². The van der Waals surface area contributed by atoms with Crippen molar-refractivity contribution in [3.8, 4) is 0 Å². The summed E-state index contributed by atoms with van der Waals surface area (Å²) in [5, 5.41) is 0. The summed E-state index contributed by atoms with van der Waals surface area (Å²) in [5.41, 5.74) is 0. The molecule has 1 aliphatic carbocycles. The fraction of sp³-hybridized carbons (Fsp3) is 0.875. The molecule has 0 bridgehead atoms. The molecule has 0 N–H and O–H groups in total. The van der Waals surface area contributed by atoms with Crippen LogP contribution in [0.1, 0.15) is 33.6 Å². The van der Waals surface area contributed by atoms with Crippen molar-refractivity contribution in [3.05, 3.63) is 0 Å². The summed E-state index contributed by atoms with van der Waals surface area (Å²) in [7, 11) is 0. The minimum absolute atomic E-state index is 0.204. The van der Waals surface area contributed by atoms with Crippen molar-refractivity contribution in [1.29, 1.82) is 0 Å². The molecule has 5 nitrogen and oxygen atoms in total. The topological polar surface area (TPSA) is 43.9 Å². The zero-order valence-electron chi connectivity index (χ0n) is 13.7. The molecule has 2 rings (SSSR count). The van der Waals surface area contributed by atoms with E-state index < -0.39 is 0 Å². The van der Waals surface area contributed by atoms with Gasteiger partial charge in [0.05, 0.1) is 6.54 Å². The largest absolute Gasteiger partial charge is 0.342 e. The minimum atomic E-state index is 0.204. The molecular formula is C16H29N3O2. The van der Waals surface area contributed by atoms with E-state index in [4.69, 9.17) is 0 Å². The van der Waals surface area contributed by atoms with Gasteiger partial charge in [0.15, 0.2) is 0 Å². The number of likely N-dealkylation sites (N-methyl/N-ethyl adjacent to an activating group) is 1. The lowest BCUT2D eigenvalue weighted by Crippen LogP contribution is -2.42. The van der Waals surface area contributed by atoms with Gasteiger partial charge in [-0.2, -0.15) is 0 Å². The predicted molar refractivity (Wildman–Crippen MR) is 82.8 cm³/mol. The van der Waals surface area contributed by atoms with Gasteiger partial charge in [0, 0.05) is 45.2 Å². The average Bonchev–Trinajstić information content (AvgIpc) is 3.22. The summed E-state index contributed by atoms with van der Waals surface area (Å²) >= 11 is 0. The summed E-state index contributed by atoms with van der Waals surface area (Å²) in [6.07, 6.45) is 2.03. The predicted octanol–water partition coefficient (Wildman–Crippen LogP) is 1.05. The highest BCUT2D eigenvalue weighted by Crippen LogP contribution is 2.39. The van der Waals surface area contributed by atoms with Crippen LogP contribution >= 0.6 is 0 Å². The Morgan fingerprint density at radius 3 is 2.33 bits per heavy atom. The Labute approximate surface area is 128 Å². The molecule has 2 aliphatic rings. The number of carbonyl (C=O) groups excluding carboxylic acids is 2. The van der Waals surface area contributed by atoms with Gasteiger partial charge < -0.3 is 9.80 Å². The van der Waals surface area contributed by atoms with Gasteiger partial charge in [-0.05, 0) is 32.6 Å². The molecule has 21 heavy (non-hydrogen) atoms. The molecule has 1 saturated carbocycles. The number of rotatable bonds is 5. The van der Waals surface area contributed by atoms with Crippen LogP contribution in [-0.2, 0) is 9.59 Å². The minimum Gasteiger partial charge on any atom is -0.342 e. The smallest absolute Gasteiger partial charge is 0.236 e. The van der Waals surface area contributed by atoms with E-state index >= 15 is 0 Å². The molecule has 120 valence electrons. The third-order valence-electron chi connectivity index (χ3n) is 4.80. The van der Waals surface area contributed by atoms with Crippen LogP contribution in [0.5, 0.6) is 0 Å². The van der Waals surface area contributed by atoms with Crippen LogP contribution < -0.4 is 0 Å². The molecule has 0 aromatic rings. The molecule has 1 heterocycles. The van der Waals surface area contributed by atoms with Crippen molar-refractivity contribution in [2.24, 2.45) is 11.8 Å². The second-order valence-corrected chi connectivity index (χ2v) is 6.34. The van der Waals surface area contributed by atoms with E-state index in [2.05, 4.69) is 11.8 Å². The molecule has 0 aromatic heterocycles. The van der Waals surface area contributed by atoms with Crippen LogP contribution in [0.4, 0.5) is 0 Å². The van der Waals surface area contributed by atoms with E-state index in [0.29, 0.717) is 18.4 Å². The highest BCUT2D eigenvalue weighted by molar-refractivity contribution is 5.81. The monoisotopic (exact) mass is 295 g/mol. The molecular weight excluding hydrogens is 266 g/mol. The van der Waals surface area contributed by atoms with Crippen molar-refractivity contribution < 1.29 is 9.59 Å². The molecule has 0 radical (unpaired) electrons. The van der Waals surface area contributed by atoms with Crippen molar-refractivity contribution >= 4 is 11.8 Å². The first kappa shape index (κ1) is 16.3. The second kappa shape index (κ2) is 7.25. The maximum absolute atomic E-state index is 12.3. The van der Waals surface area contributed by atoms with Gasteiger partial charge in [-0.15, -0.1) is 0 Å². The fourth-order valence-corrected chi connectivity index (χ4v) is 3.12. The van der Waals surface area contributed by atoms with Crippen LogP contribution in [0.25, 0.3) is 0 Å².